The highest BCUT2D eigenvalue weighted by Crippen LogP contribution is 2.54. The Morgan fingerprint density at radius 2 is 1.82 bits per heavy atom. The first-order chi connectivity index (χ1) is 23.4. The van der Waals surface area contributed by atoms with Crippen molar-refractivity contribution in [2.24, 2.45) is 5.16 Å². The van der Waals surface area contributed by atoms with Crippen LogP contribution in [0.2, 0.25) is 5.02 Å². The fourth-order valence-electron chi connectivity index (χ4n) is 6.17. The summed E-state index contributed by atoms with van der Waals surface area (Å²) in [4.78, 5) is 33.2. The standard InChI is InChI=1S/C35H37ClF3N3O7/c1-5-47-31(43)11-14-48-41-21(2)22-15-24(18-26(16-22)45-3)40-32(27-9-7-23(36)17-30(27)46-4)33(44)42-20-34(12-6-13-34)28-10-8-25(19-29(28)42)49-35(37,38)39/h7-10,15-19,32,40H,5-6,11-14,20H2,1-4H3/b41-21+. The summed E-state index contributed by atoms with van der Waals surface area (Å²) in [7, 11) is 2.95. The molecule has 1 N–H and O–H groups in total. The molecule has 10 nitrogen and oxygen atoms in total. The number of hydrogen-bond acceptors (Lipinski definition) is 9. The lowest BCUT2D eigenvalue weighted by Gasteiger charge is -2.39. The normalized spacial score (nSPS) is 15.6. The fourth-order valence-corrected chi connectivity index (χ4v) is 6.33. The third-order valence-corrected chi connectivity index (χ3v) is 8.87. The van der Waals surface area contributed by atoms with Crippen molar-refractivity contribution in [1.29, 1.82) is 0 Å². The van der Waals surface area contributed by atoms with Crippen LogP contribution in [0.15, 0.2) is 59.8 Å². The van der Waals surface area contributed by atoms with E-state index in [-0.39, 0.29) is 25.0 Å². The number of methoxy groups -OCH3 is 2. The number of ether oxygens (including phenoxy) is 4. The number of rotatable bonds is 13. The smallest absolute Gasteiger partial charge is 0.497 e. The number of oxime groups is 1. The van der Waals surface area contributed by atoms with E-state index >= 15 is 0 Å². The predicted molar refractivity (Wildman–Crippen MR) is 178 cm³/mol. The molecule has 1 heterocycles. The van der Waals surface area contributed by atoms with Gasteiger partial charge in [-0.1, -0.05) is 35.3 Å². The van der Waals surface area contributed by atoms with Crippen LogP contribution in [0.4, 0.5) is 24.5 Å². The van der Waals surface area contributed by atoms with Crippen LogP contribution in [-0.2, 0) is 24.6 Å². The second kappa shape index (κ2) is 14.9. The topological polar surface area (TPSA) is 108 Å². The molecule has 0 radical (unpaired) electrons. The van der Waals surface area contributed by atoms with Crippen molar-refractivity contribution in [2.45, 2.75) is 57.3 Å². The molecule has 1 spiro atoms. The van der Waals surface area contributed by atoms with Crippen molar-refractivity contribution in [3.63, 3.8) is 0 Å². The van der Waals surface area contributed by atoms with E-state index in [0.717, 1.165) is 24.8 Å². The summed E-state index contributed by atoms with van der Waals surface area (Å²) >= 11 is 6.28. The maximum atomic E-state index is 14.7. The zero-order valence-corrected chi connectivity index (χ0v) is 28.2. The first kappa shape index (κ1) is 35.7. The van der Waals surface area contributed by atoms with Gasteiger partial charge in [-0.2, -0.15) is 0 Å². The summed E-state index contributed by atoms with van der Waals surface area (Å²) < 4.78 is 59.9. The molecule has 3 aromatic rings. The van der Waals surface area contributed by atoms with Crippen molar-refractivity contribution in [3.8, 4) is 17.2 Å². The van der Waals surface area contributed by atoms with E-state index in [1.165, 1.54) is 31.3 Å². The number of nitrogens with one attached hydrogen (secondary N) is 1. The molecule has 1 aliphatic heterocycles. The van der Waals surface area contributed by atoms with Gasteiger partial charge in [0.05, 0.1) is 38.6 Å². The molecule has 0 bridgehead atoms. The number of benzene rings is 3. The minimum atomic E-state index is -4.89. The molecule has 1 aliphatic carbocycles. The van der Waals surface area contributed by atoms with E-state index in [9.17, 15) is 22.8 Å². The Morgan fingerprint density at radius 3 is 2.47 bits per heavy atom. The largest absolute Gasteiger partial charge is 0.573 e. The third-order valence-electron chi connectivity index (χ3n) is 8.63. The van der Waals surface area contributed by atoms with Gasteiger partial charge in [0, 0.05) is 45.9 Å². The first-order valence-corrected chi connectivity index (χ1v) is 16.1. The van der Waals surface area contributed by atoms with Crippen LogP contribution in [0.3, 0.4) is 0 Å². The van der Waals surface area contributed by atoms with Crippen molar-refractivity contribution >= 4 is 40.6 Å². The molecule has 1 amide bonds. The fraction of sp³-hybridized carbons (Fsp3) is 0.400. The van der Waals surface area contributed by atoms with E-state index in [2.05, 4.69) is 15.2 Å². The van der Waals surface area contributed by atoms with Crippen LogP contribution in [0.25, 0.3) is 0 Å². The van der Waals surface area contributed by atoms with Gasteiger partial charge in [0.2, 0.25) is 0 Å². The Hall–Kier alpha value is -4.65. The maximum Gasteiger partial charge on any atom is 0.573 e. The molecule has 262 valence electrons. The number of hydrogen-bond donors (Lipinski definition) is 1. The Kier molecular flexibility index (Phi) is 10.8. The van der Waals surface area contributed by atoms with Gasteiger partial charge in [0.15, 0.2) is 0 Å². The highest BCUT2D eigenvalue weighted by Gasteiger charge is 2.50. The molecule has 1 unspecified atom stereocenters. The second-order valence-electron chi connectivity index (χ2n) is 11.8. The molecule has 0 aromatic heterocycles. The SMILES string of the molecule is CCOC(=O)CCO/N=C(\C)c1cc(NC(C(=O)N2CC3(CCC3)c3ccc(OC(F)(F)F)cc32)c2ccc(Cl)cc2OC)cc(OC)c1. The predicted octanol–water partition coefficient (Wildman–Crippen LogP) is 7.57. The number of esters is 1. The van der Waals surface area contributed by atoms with Crippen molar-refractivity contribution in [1.82, 2.24) is 0 Å². The summed E-state index contributed by atoms with van der Waals surface area (Å²) in [6.45, 7) is 4.02. The minimum absolute atomic E-state index is 0.0205. The number of anilines is 2. The van der Waals surface area contributed by atoms with Crippen LogP contribution >= 0.6 is 11.6 Å². The van der Waals surface area contributed by atoms with Gasteiger partial charge in [0.1, 0.15) is 29.9 Å². The zero-order valence-electron chi connectivity index (χ0n) is 27.5. The monoisotopic (exact) mass is 703 g/mol. The lowest BCUT2D eigenvalue weighted by molar-refractivity contribution is -0.274. The van der Waals surface area contributed by atoms with Crippen LogP contribution in [0.1, 0.15) is 62.3 Å². The van der Waals surface area contributed by atoms with Crippen LogP contribution in [0, 0.1) is 0 Å². The van der Waals surface area contributed by atoms with E-state index in [4.69, 9.17) is 30.6 Å². The molecule has 49 heavy (non-hydrogen) atoms. The van der Waals surface area contributed by atoms with Crippen molar-refractivity contribution in [3.05, 3.63) is 76.3 Å². The second-order valence-corrected chi connectivity index (χ2v) is 12.2. The quantitative estimate of drug-likeness (QED) is 0.0841. The van der Waals surface area contributed by atoms with E-state index < -0.39 is 30.0 Å². The van der Waals surface area contributed by atoms with Crippen molar-refractivity contribution in [2.75, 3.05) is 44.2 Å². The molecule has 3 aromatic carbocycles. The Labute approximate surface area is 287 Å². The molecule has 1 atom stereocenters. The number of carbonyl (C=O) groups is 2. The van der Waals surface area contributed by atoms with E-state index in [0.29, 0.717) is 51.3 Å². The van der Waals surface area contributed by atoms with Gasteiger partial charge in [-0.25, -0.2) is 0 Å². The average Bonchev–Trinajstić information content (AvgIpc) is 3.40. The van der Waals surface area contributed by atoms with Gasteiger partial charge in [-0.15, -0.1) is 13.2 Å². The lowest BCUT2D eigenvalue weighted by atomic mass is 9.66. The van der Waals surface area contributed by atoms with Crippen LogP contribution in [0.5, 0.6) is 17.2 Å². The van der Waals surface area contributed by atoms with E-state index in [1.54, 1.807) is 56.3 Å². The number of halogens is 4. The molecule has 5 rings (SSSR count). The third kappa shape index (κ3) is 8.15. The summed E-state index contributed by atoms with van der Waals surface area (Å²) in [5.74, 6) is -0.451. The number of nitrogens with zero attached hydrogens (tertiary/aromatic N) is 2. The molecule has 1 saturated carbocycles. The Morgan fingerprint density at radius 1 is 1.04 bits per heavy atom. The highest BCUT2D eigenvalue weighted by molar-refractivity contribution is 6.30. The molecular weight excluding hydrogens is 667 g/mol. The van der Waals surface area contributed by atoms with Crippen LogP contribution < -0.4 is 24.4 Å². The number of fused-ring (bicyclic) bond motifs is 2. The lowest BCUT2D eigenvalue weighted by Crippen LogP contribution is -2.44. The van der Waals surface area contributed by atoms with Crippen molar-refractivity contribution < 1.29 is 46.5 Å². The van der Waals surface area contributed by atoms with Gasteiger partial charge >= 0.3 is 12.3 Å². The molecular formula is C35H37ClF3N3O7. The number of alkyl halides is 3. The Balaban J connectivity index is 1.51. The highest BCUT2D eigenvalue weighted by atomic mass is 35.5. The molecule has 1 fully saturated rings. The zero-order chi connectivity index (χ0) is 35.3. The van der Waals surface area contributed by atoms with Gasteiger partial charge in [-0.3, -0.25) is 9.59 Å². The van der Waals surface area contributed by atoms with Gasteiger partial charge in [-0.05, 0) is 62.6 Å². The summed E-state index contributed by atoms with van der Waals surface area (Å²) in [6.07, 6.45) is -2.33. The molecule has 0 saturated heterocycles. The van der Waals surface area contributed by atoms with E-state index in [1.807, 2.05) is 0 Å². The summed E-state index contributed by atoms with van der Waals surface area (Å²) in [5.41, 5.74) is 2.80. The number of amides is 1. The summed E-state index contributed by atoms with van der Waals surface area (Å²) in [5, 5.41) is 7.83. The first-order valence-electron chi connectivity index (χ1n) is 15.7. The maximum absolute atomic E-state index is 14.7. The summed E-state index contributed by atoms with van der Waals surface area (Å²) in [6, 6.07) is 13.2. The number of carbonyl (C=O) groups excluding carboxylic acids is 2. The minimum Gasteiger partial charge on any atom is -0.497 e. The Bertz CT molecular complexity index is 1730. The van der Waals surface area contributed by atoms with Gasteiger partial charge in [0.25, 0.3) is 5.91 Å². The molecule has 14 heteroatoms. The van der Waals surface area contributed by atoms with Crippen LogP contribution in [-0.4, -0.2) is 57.9 Å². The van der Waals surface area contributed by atoms with Gasteiger partial charge < -0.3 is 34.0 Å². The average molecular weight is 704 g/mol. The molecule has 2 aliphatic rings.